The van der Waals surface area contributed by atoms with Gasteiger partial charge in [0.15, 0.2) is 18.1 Å². The highest BCUT2D eigenvalue weighted by molar-refractivity contribution is 5.83. The molecule has 9 heteroatoms. The Hall–Kier alpha value is -3.88. The van der Waals surface area contributed by atoms with Crippen molar-refractivity contribution in [3.8, 4) is 17.2 Å². The van der Waals surface area contributed by atoms with Gasteiger partial charge in [-0.1, -0.05) is 31.4 Å². The van der Waals surface area contributed by atoms with Gasteiger partial charge in [-0.2, -0.15) is 9.78 Å². The molecule has 1 aromatic heterocycles. The summed E-state index contributed by atoms with van der Waals surface area (Å²) in [6.45, 7) is -0.539. The number of aromatic nitrogens is 2. The molecule has 1 aliphatic carbocycles. The Morgan fingerprint density at radius 1 is 1.15 bits per heavy atom. The molecule has 0 radical (unpaired) electrons. The highest BCUT2D eigenvalue weighted by Crippen LogP contribution is 2.38. The Kier molecular flexibility index (Phi) is 7.10. The largest absolute Gasteiger partial charge is 0.493 e. The smallest absolute Gasteiger partial charge is 0.341 e. The van der Waals surface area contributed by atoms with Gasteiger partial charge in [0.25, 0.3) is 5.56 Å². The van der Waals surface area contributed by atoms with Crippen LogP contribution in [0.4, 0.5) is 0 Å². The van der Waals surface area contributed by atoms with E-state index in [1.54, 1.807) is 18.2 Å². The fraction of sp³-hybridized carbons (Fsp3) is 0.360. The van der Waals surface area contributed by atoms with Crippen LogP contribution in [0.3, 0.4) is 0 Å². The number of carboxylic acids is 1. The molecule has 178 valence electrons. The van der Waals surface area contributed by atoms with E-state index in [1.807, 2.05) is 18.2 Å². The molecule has 1 saturated carbocycles. The van der Waals surface area contributed by atoms with Crippen molar-refractivity contribution < 1.29 is 24.1 Å². The predicted molar refractivity (Wildman–Crippen MR) is 127 cm³/mol. The van der Waals surface area contributed by atoms with Crippen molar-refractivity contribution in [1.82, 2.24) is 9.66 Å². The Labute approximate surface area is 196 Å². The molecular weight excluding hydrogens is 438 g/mol. The van der Waals surface area contributed by atoms with E-state index < -0.39 is 12.6 Å². The van der Waals surface area contributed by atoms with Crippen molar-refractivity contribution in [3.63, 3.8) is 0 Å². The van der Waals surface area contributed by atoms with Crippen molar-refractivity contribution in [2.45, 2.75) is 38.0 Å². The maximum atomic E-state index is 13.3. The molecule has 0 atom stereocenters. The van der Waals surface area contributed by atoms with Gasteiger partial charge >= 0.3 is 5.97 Å². The third-order valence-corrected chi connectivity index (χ3v) is 5.89. The summed E-state index contributed by atoms with van der Waals surface area (Å²) in [4.78, 5) is 29.1. The number of benzene rings is 2. The highest BCUT2D eigenvalue weighted by Gasteiger charge is 2.22. The number of hydrogen-bond donors (Lipinski definition) is 1. The number of para-hydroxylation sites is 1. The van der Waals surface area contributed by atoms with Gasteiger partial charge in [0.05, 0.1) is 31.3 Å². The van der Waals surface area contributed by atoms with Crippen LogP contribution in [0, 0.1) is 0 Å². The van der Waals surface area contributed by atoms with E-state index in [1.165, 1.54) is 31.5 Å². The van der Waals surface area contributed by atoms with Gasteiger partial charge in [0.1, 0.15) is 5.82 Å². The Morgan fingerprint density at radius 3 is 2.47 bits per heavy atom. The van der Waals surface area contributed by atoms with E-state index in [2.05, 4.69) is 5.10 Å². The van der Waals surface area contributed by atoms with Gasteiger partial charge < -0.3 is 19.3 Å². The second-order valence-electron chi connectivity index (χ2n) is 8.12. The summed E-state index contributed by atoms with van der Waals surface area (Å²) in [6.07, 6.45) is 6.87. The number of carboxylic acid groups (broad SMARTS) is 1. The van der Waals surface area contributed by atoms with Crippen molar-refractivity contribution in [1.29, 1.82) is 0 Å². The number of fused-ring (bicyclic) bond motifs is 1. The van der Waals surface area contributed by atoms with Crippen LogP contribution in [0.1, 0.15) is 49.4 Å². The lowest BCUT2D eigenvalue weighted by molar-refractivity contribution is -0.139. The first-order valence-corrected chi connectivity index (χ1v) is 11.2. The third kappa shape index (κ3) is 4.88. The fourth-order valence-corrected chi connectivity index (χ4v) is 4.25. The zero-order valence-corrected chi connectivity index (χ0v) is 19.2. The molecule has 1 heterocycles. The first-order valence-electron chi connectivity index (χ1n) is 11.2. The van der Waals surface area contributed by atoms with E-state index in [0.29, 0.717) is 33.8 Å². The van der Waals surface area contributed by atoms with Crippen LogP contribution in [0.15, 0.2) is 46.3 Å². The second kappa shape index (κ2) is 10.4. The molecule has 1 aliphatic rings. The summed E-state index contributed by atoms with van der Waals surface area (Å²) < 4.78 is 17.5. The lowest BCUT2D eigenvalue weighted by Gasteiger charge is -2.22. The Morgan fingerprint density at radius 2 is 1.82 bits per heavy atom. The van der Waals surface area contributed by atoms with Crippen LogP contribution >= 0.6 is 0 Å². The van der Waals surface area contributed by atoms with Crippen molar-refractivity contribution >= 4 is 23.1 Å². The van der Waals surface area contributed by atoms with Crippen LogP contribution < -0.4 is 19.8 Å². The Balaban J connectivity index is 1.78. The first-order chi connectivity index (χ1) is 16.5. The number of ether oxygens (including phenoxy) is 3. The molecule has 0 bridgehead atoms. The summed E-state index contributed by atoms with van der Waals surface area (Å²) in [6, 6.07) is 10.6. The second-order valence-corrected chi connectivity index (χ2v) is 8.12. The van der Waals surface area contributed by atoms with Gasteiger partial charge in [0, 0.05) is 11.5 Å². The summed E-state index contributed by atoms with van der Waals surface area (Å²) in [5, 5.41) is 14.0. The molecule has 0 unspecified atom stereocenters. The maximum Gasteiger partial charge on any atom is 0.341 e. The summed E-state index contributed by atoms with van der Waals surface area (Å²) >= 11 is 0. The number of methoxy groups -OCH3 is 2. The molecule has 2 aromatic carbocycles. The molecule has 0 saturated heterocycles. The van der Waals surface area contributed by atoms with E-state index in [-0.39, 0.29) is 17.2 Å². The molecule has 0 aliphatic heterocycles. The maximum absolute atomic E-state index is 13.3. The average molecular weight is 466 g/mol. The van der Waals surface area contributed by atoms with Gasteiger partial charge in [-0.3, -0.25) is 4.79 Å². The molecule has 1 fully saturated rings. The molecule has 0 spiro atoms. The molecule has 9 nitrogen and oxygen atoms in total. The molecule has 4 rings (SSSR count). The topological polar surface area (TPSA) is 112 Å². The fourth-order valence-electron chi connectivity index (χ4n) is 4.25. The van der Waals surface area contributed by atoms with Gasteiger partial charge in [-0.15, -0.1) is 0 Å². The average Bonchev–Trinajstić information content (AvgIpc) is 2.87. The summed E-state index contributed by atoms with van der Waals surface area (Å²) in [5.41, 5.74) is 1.04. The minimum atomic E-state index is -1.12. The molecular formula is C25H27N3O6. The van der Waals surface area contributed by atoms with Crippen molar-refractivity contribution in [2.24, 2.45) is 5.10 Å². The lowest BCUT2D eigenvalue weighted by Crippen LogP contribution is -2.25. The van der Waals surface area contributed by atoms with Gasteiger partial charge in [0.2, 0.25) is 5.75 Å². The van der Waals surface area contributed by atoms with Crippen LogP contribution in [0.2, 0.25) is 0 Å². The number of carbonyl (C=O) groups is 1. The molecule has 0 amide bonds. The number of hydrogen-bond acceptors (Lipinski definition) is 7. The SMILES string of the molecule is COc1cc(C=Nn2c(C3CCCCC3)nc3ccccc3c2=O)cc(OC)c1OCC(=O)O. The third-order valence-electron chi connectivity index (χ3n) is 5.89. The van der Waals surface area contributed by atoms with Crippen LogP contribution in [-0.4, -0.2) is 47.8 Å². The van der Waals surface area contributed by atoms with E-state index in [9.17, 15) is 9.59 Å². The quantitative estimate of drug-likeness (QED) is 0.504. The van der Waals surface area contributed by atoms with Crippen LogP contribution in [0.5, 0.6) is 17.2 Å². The molecule has 1 N–H and O–H groups in total. The van der Waals surface area contributed by atoms with E-state index in [0.717, 1.165) is 25.7 Å². The number of aliphatic carboxylic acids is 1. The van der Waals surface area contributed by atoms with Gasteiger partial charge in [-0.25, -0.2) is 9.78 Å². The number of rotatable bonds is 8. The first kappa shape index (κ1) is 23.3. The zero-order valence-electron chi connectivity index (χ0n) is 19.2. The van der Waals surface area contributed by atoms with Crippen LogP contribution in [-0.2, 0) is 4.79 Å². The molecule has 3 aromatic rings. The predicted octanol–water partition coefficient (Wildman–Crippen LogP) is 3.81. The summed E-state index contributed by atoms with van der Waals surface area (Å²) in [5.74, 6) is 0.473. The highest BCUT2D eigenvalue weighted by atomic mass is 16.5. The van der Waals surface area contributed by atoms with Crippen molar-refractivity contribution in [2.75, 3.05) is 20.8 Å². The normalized spacial score (nSPS) is 14.4. The minimum Gasteiger partial charge on any atom is -0.493 e. The van der Waals surface area contributed by atoms with Crippen molar-refractivity contribution in [3.05, 3.63) is 58.1 Å². The van der Waals surface area contributed by atoms with E-state index in [4.69, 9.17) is 24.3 Å². The standard InChI is InChI=1S/C25H27N3O6/c1-32-20-12-16(13-21(33-2)23(20)34-15-22(29)30)14-26-28-24(17-8-4-3-5-9-17)27-19-11-7-6-10-18(19)25(28)31/h6-7,10-14,17H,3-5,8-9,15H2,1-2H3,(H,29,30). The lowest BCUT2D eigenvalue weighted by atomic mass is 9.88. The minimum absolute atomic E-state index is 0.166. The molecule has 34 heavy (non-hydrogen) atoms. The van der Waals surface area contributed by atoms with E-state index >= 15 is 0 Å². The zero-order chi connectivity index (χ0) is 24.1. The number of nitrogens with zero attached hydrogens (tertiary/aromatic N) is 3. The van der Waals surface area contributed by atoms with Crippen LogP contribution in [0.25, 0.3) is 10.9 Å². The van der Waals surface area contributed by atoms with Gasteiger partial charge in [-0.05, 0) is 37.1 Å². The Bertz CT molecular complexity index is 1250. The summed E-state index contributed by atoms with van der Waals surface area (Å²) in [7, 11) is 2.89. The monoisotopic (exact) mass is 465 g/mol.